The third kappa shape index (κ3) is 36.9. The van der Waals surface area contributed by atoms with E-state index in [0.29, 0.717) is 45.4 Å². The van der Waals surface area contributed by atoms with Crippen LogP contribution in [0, 0.1) is 0 Å². The maximum atomic E-state index is 13.5. The molecule has 11 heteroatoms. The number of esters is 4. The topological polar surface area (TPSA) is 118 Å². The minimum atomic E-state index is -2.75. The van der Waals surface area contributed by atoms with Crippen molar-refractivity contribution in [3.8, 4) is 0 Å². The van der Waals surface area contributed by atoms with E-state index in [9.17, 15) is 19.2 Å². The minimum absolute atomic E-state index is 0.0155. The number of benzene rings is 2. The molecule has 2 rings (SSSR count). The van der Waals surface area contributed by atoms with Crippen LogP contribution in [0.2, 0.25) is 5.04 Å². The Morgan fingerprint density at radius 2 is 0.711 bits per heavy atom. The van der Waals surface area contributed by atoms with Crippen molar-refractivity contribution in [3.05, 3.63) is 60.7 Å². The lowest BCUT2D eigenvalue weighted by Gasteiger charge is -2.43. The Bertz CT molecular complexity index is 1800. The van der Waals surface area contributed by atoms with Crippen LogP contribution in [0.15, 0.2) is 60.7 Å². The number of rotatable bonds is 55. The molecule has 0 saturated carbocycles. The van der Waals surface area contributed by atoms with Gasteiger partial charge in [0.25, 0.3) is 8.32 Å². The molecule has 2 aromatic rings. The second-order valence-electron chi connectivity index (χ2n) is 25.3. The number of carbonyl (C=O) groups excluding carboxylic acids is 4. The van der Waals surface area contributed by atoms with Gasteiger partial charge in [0, 0.05) is 45.4 Å². The number of unbranched alkanes of at least 4 members (excludes halogenated alkanes) is 26. The molecular formula is C72H125NO9Si. The van der Waals surface area contributed by atoms with E-state index >= 15 is 0 Å². The highest BCUT2D eigenvalue weighted by Gasteiger charge is 2.50. The molecule has 2 aromatic carbocycles. The van der Waals surface area contributed by atoms with Crippen LogP contribution in [-0.4, -0.2) is 88.8 Å². The van der Waals surface area contributed by atoms with Gasteiger partial charge >= 0.3 is 23.9 Å². The summed E-state index contributed by atoms with van der Waals surface area (Å²) in [5, 5.41) is 2.27. The van der Waals surface area contributed by atoms with Crippen molar-refractivity contribution in [1.29, 1.82) is 0 Å². The molecule has 0 spiro atoms. The Balaban J connectivity index is 1.96. The molecule has 0 saturated heterocycles. The van der Waals surface area contributed by atoms with Crippen molar-refractivity contribution in [2.45, 2.75) is 329 Å². The van der Waals surface area contributed by atoms with Crippen LogP contribution in [0.3, 0.4) is 0 Å². The molecule has 0 bridgehead atoms. The summed E-state index contributed by atoms with van der Waals surface area (Å²) in [5.41, 5.74) is 0. The van der Waals surface area contributed by atoms with Gasteiger partial charge in [0.15, 0.2) is 0 Å². The standard InChI is InChI=1S/C72H125NO9Si/c1-9-13-17-21-25-35-47-63(48-36-26-22-18-14-10-2)80-69(75)56-44-30-29-43-55-68(74)78-62-65(61-73(8)59-60-79-83(72(5,6)7,66-51-39-33-40-52-66)67-53-41-34-42-54-67)82-71(77)58-46-32-31-45-57-70(76)81-64(49-37-27-23-19-15-11-3)50-38-28-24-20-16-12-4/h33-34,39-42,51-54,63-65H,9-32,35-38,43-50,55-62H2,1-8H3. The average molecular weight is 1180 g/mol. The van der Waals surface area contributed by atoms with E-state index in [4.69, 9.17) is 23.4 Å². The van der Waals surface area contributed by atoms with Crippen LogP contribution in [0.5, 0.6) is 0 Å². The quantitative estimate of drug-likeness (QED) is 0.0274. The first-order valence-electron chi connectivity index (χ1n) is 34.5. The van der Waals surface area contributed by atoms with E-state index in [0.717, 1.165) is 89.9 Å². The van der Waals surface area contributed by atoms with Gasteiger partial charge in [-0.25, -0.2) is 0 Å². The highest BCUT2D eigenvalue weighted by atomic mass is 28.4. The molecular weight excluding hydrogens is 1050 g/mol. The zero-order valence-electron chi connectivity index (χ0n) is 54.7. The number of carbonyl (C=O) groups is 4. The maximum Gasteiger partial charge on any atom is 0.306 e. The molecule has 0 aliphatic rings. The molecule has 0 fully saturated rings. The predicted octanol–water partition coefficient (Wildman–Crippen LogP) is 18.5. The smallest absolute Gasteiger partial charge is 0.306 e. The zero-order chi connectivity index (χ0) is 60.5. The van der Waals surface area contributed by atoms with E-state index in [-0.39, 0.29) is 60.6 Å². The summed E-state index contributed by atoms with van der Waals surface area (Å²) in [6.45, 7) is 17.2. The van der Waals surface area contributed by atoms with Gasteiger partial charge < -0.3 is 28.3 Å². The first-order chi connectivity index (χ1) is 40.3. The number of hydrogen-bond acceptors (Lipinski definition) is 10. The third-order valence-corrected chi connectivity index (χ3v) is 21.6. The van der Waals surface area contributed by atoms with Crippen LogP contribution < -0.4 is 10.4 Å². The zero-order valence-corrected chi connectivity index (χ0v) is 55.7. The van der Waals surface area contributed by atoms with Crippen molar-refractivity contribution < 1.29 is 42.6 Å². The van der Waals surface area contributed by atoms with Crippen LogP contribution in [0.4, 0.5) is 0 Å². The van der Waals surface area contributed by atoms with Crippen LogP contribution >= 0.6 is 0 Å². The molecule has 10 nitrogen and oxygen atoms in total. The fraction of sp³-hybridized carbons (Fsp3) is 0.778. The highest BCUT2D eigenvalue weighted by molar-refractivity contribution is 6.99. The normalized spacial score (nSPS) is 12.3. The van der Waals surface area contributed by atoms with Crippen LogP contribution in [-0.2, 0) is 42.6 Å². The van der Waals surface area contributed by atoms with E-state index in [1.165, 1.54) is 139 Å². The number of hydrogen-bond donors (Lipinski definition) is 0. The van der Waals surface area contributed by atoms with Gasteiger partial charge in [0.05, 0.1) is 0 Å². The third-order valence-electron chi connectivity index (χ3n) is 16.6. The van der Waals surface area contributed by atoms with E-state index in [1.54, 1.807) is 0 Å². The van der Waals surface area contributed by atoms with Gasteiger partial charge in [-0.05, 0) is 99.5 Å². The van der Waals surface area contributed by atoms with Crippen molar-refractivity contribution in [1.82, 2.24) is 4.90 Å². The van der Waals surface area contributed by atoms with E-state index in [2.05, 4.69) is 102 Å². The number of likely N-dealkylation sites (N-methyl/N-ethyl adjacent to an activating group) is 1. The Kier molecular flexibility index (Phi) is 45.1. The van der Waals surface area contributed by atoms with Gasteiger partial charge in [0.1, 0.15) is 24.9 Å². The molecule has 0 amide bonds. The summed E-state index contributed by atoms with van der Waals surface area (Å²) >= 11 is 0. The first kappa shape index (κ1) is 75.6. The molecule has 476 valence electrons. The molecule has 1 atom stereocenters. The van der Waals surface area contributed by atoms with E-state index in [1.807, 2.05) is 19.2 Å². The lowest BCUT2D eigenvalue weighted by Crippen LogP contribution is -2.67. The summed E-state index contributed by atoms with van der Waals surface area (Å²) in [6, 6.07) is 21.2. The van der Waals surface area contributed by atoms with Gasteiger partial charge in [-0.2, -0.15) is 0 Å². The summed E-state index contributed by atoms with van der Waals surface area (Å²) in [5.74, 6) is -0.818. The summed E-state index contributed by atoms with van der Waals surface area (Å²) in [6.07, 6.45) is 40.2. The Morgan fingerprint density at radius 1 is 0.410 bits per heavy atom. The van der Waals surface area contributed by atoms with Gasteiger partial charge in [0.2, 0.25) is 0 Å². The molecule has 0 aromatic heterocycles. The molecule has 1 unspecified atom stereocenters. The molecule has 0 N–H and O–H groups in total. The average Bonchev–Trinajstić information content (AvgIpc) is 2.18. The number of nitrogens with zero attached hydrogens (tertiary/aromatic N) is 1. The first-order valence-corrected chi connectivity index (χ1v) is 36.4. The lowest BCUT2D eigenvalue weighted by atomic mass is 10.0. The van der Waals surface area contributed by atoms with Gasteiger partial charge in [-0.15, -0.1) is 0 Å². The fourth-order valence-corrected chi connectivity index (χ4v) is 16.1. The lowest BCUT2D eigenvalue weighted by molar-refractivity contribution is -0.160. The largest absolute Gasteiger partial charge is 0.462 e. The van der Waals surface area contributed by atoms with Crippen LogP contribution in [0.1, 0.15) is 305 Å². The maximum absolute atomic E-state index is 13.5. The Morgan fingerprint density at radius 3 is 1.05 bits per heavy atom. The molecule has 83 heavy (non-hydrogen) atoms. The van der Waals surface area contributed by atoms with Crippen molar-refractivity contribution in [2.75, 3.05) is 33.4 Å². The Hall–Kier alpha value is -3.54. The van der Waals surface area contributed by atoms with Gasteiger partial charge in [-0.3, -0.25) is 19.2 Å². The van der Waals surface area contributed by atoms with Gasteiger partial charge in [-0.1, -0.05) is 263 Å². The Labute approximate surface area is 510 Å². The molecule has 0 aliphatic carbocycles. The summed E-state index contributed by atoms with van der Waals surface area (Å²) in [4.78, 5) is 54.8. The van der Waals surface area contributed by atoms with Crippen LogP contribution in [0.25, 0.3) is 0 Å². The molecule has 0 aliphatic heterocycles. The van der Waals surface area contributed by atoms with Crippen molar-refractivity contribution >= 4 is 42.6 Å². The predicted molar refractivity (Wildman–Crippen MR) is 349 cm³/mol. The monoisotopic (exact) mass is 1180 g/mol. The second-order valence-corrected chi connectivity index (χ2v) is 29.7. The highest BCUT2D eigenvalue weighted by Crippen LogP contribution is 2.37. The summed E-state index contributed by atoms with van der Waals surface area (Å²) < 4.78 is 31.3. The second kappa shape index (κ2) is 49.6. The number of ether oxygens (including phenoxy) is 4. The van der Waals surface area contributed by atoms with Crippen molar-refractivity contribution in [3.63, 3.8) is 0 Å². The van der Waals surface area contributed by atoms with Crippen molar-refractivity contribution in [2.24, 2.45) is 0 Å². The molecule has 0 heterocycles. The fourth-order valence-electron chi connectivity index (χ4n) is 11.6. The molecule has 0 radical (unpaired) electrons. The minimum Gasteiger partial charge on any atom is -0.462 e. The van der Waals surface area contributed by atoms with E-state index < -0.39 is 14.4 Å². The summed E-state index contributed by atoms with van der Waals surface area (Å²) in [7, 11) is -0.759. The SMILES string of the molecule is CCCCCCCCC(CCCCCCCC)OC(=O)CCCCCCC(=O)OCC(CN(C)CCO[Si](c1ccccc1)(c1ccccc1)C(C)(C)C)OC(=O)CCCCCCC(=O)OC(CCCCCCCC)CCCCCCCC.